The van der Waals surface area contributed by atoms with Gasteiger partial charge in [-0.2, -0.15) is 0 Å². The molecule has 0 aliphatic carbocycles. The van der Waals surface area contributed by atoms with Gasteiger partial charge in [-0.1, -0.05) is 6.07 Å². The van der Waals surface area contributed by atoms with E-state index in [4.69, 9.17) is 9.47 Å². The number of esters is 1. The van der Waals surface area contributed by atoms with Crippen LogP contribution in [0.15, 0.2) is 23.1 Å². The van der Waals surface area contributed by atoms with Crippen LogP contribution in [-0.2, 0) is 14.3 Å². The Labute approximate surface area is 105 Å². The lowest BCUT2D eigenvalue weighted by molar-refractivity contribution is -0.155. The number of rotatable bonds is 3. The minimum absolute atomic E-state index is 0.202. The van der Waals surface area contributed by atoms with Crippen LogP contribution in [0.25, 0.3) is 0 Å². The Kier molecular flexibility index (Phi) is 3.45. The van der Waals surface area contributed by atoms with Crippen LogP contribution in [0.4, 0.5) is 0 Å². The van der Waals surface area contributed by atoms with Crippen molar-refractivity contribution in [1.29, 1.82) is 0 Å². The van der Waals surface area contributed by atoms with E-state index in [1.165, 1.54) is 30.0 Å². The van der Waals surface area contributed by atoms with Crippen molar-refractivity contribution in [2.45, 2.75) is 23.5 Å². The Morgan fingerprint density at radius 3 is 2.53 bits per heavy atom. The predicted octanol–water partition coefficient (Wildman–Crippen LogP) is 2.34. The smallest absolute Gasteiger partial charge is 0.327 e. The normalized spacial score (nSPS) is 17.4. The SMILES string of the molecule is COC(=O)C1(Sc2ccc(C)c(C)c2)COC1. The third-order valence-corrected chi connectivity index (χ3v) is 4.30. The van der Waals surface area contributed by atoms with Crippen molar-refractivity contribution < 1.29 is 14.3 Å². The molecule has 1 fully saturated rings. The molecule has 1 saturated heterocycles. The quantitative estimate of drug-likeness (QED) is 0.774. The summed E-state index contributed by atoms with van der Waals surface area (Å²) in [5.74, 6) is -0.202. The first-order chi connectivity index (χ1) is 8.07. The number of hydrogen-bond acceptors (Lipinski definition) is 4. The summed E-state index contributed by atoms with van der Waals surface area (Å²) in [4.78, 5) is 12.8. The second-order valence-electron chi connectivity index (χ2n) is 4.33. The van der Waals surface area contributed by atoms with Gasteiger partial charge in [-0.3, -0.25) is 4.79 Å². The molecule has 1 aliphatic rings. The predicted molar refractivity (Wildman–Crippen MR) is 67.3 cm³/mol. The van der Waals surface area contributed by atoms with Crippen LogP contribution in [0, 0.1) is 13.8 Å². The van der Waals surface area contributed by atoms with Crippen LogP contribution < -0.4 is 0 Å². The van der Waals surface area contributed by atoms with Crippen molar-refractivity contribution in [3.05, 3.63) is 29.3 Å². The van der Waals surface area contributed by atoms with E-state index in [1.54, 1.807) is 0 Å². The zero-order valence-electron chi connectivity index (χ0n) is 10.3. The lowest BCUT2D eigenvalue weighted by Crippen LogP contribution is -2.53. The van der Waals surface area contributed by atoms with Gasteiger partial charge in [-0.05, 0) is 37.1 Å². The number of carbonyl (C=O) groups excluding carboxylic acids is 1. The zero-order valence-corrected chi connectivity index (χ0v) is 11.1. The second-order valence-corrected chi connectivity index (χ2v) is 5.78. The van der Waals surface area contributed by atoms with Crippen LogP contribution in [0.5, 0.6) is 0 Å². The highest BCUT2D eigenvalue weighted by atomic mass is 32.2. The molecule has 0 aromatic heterocycles. The van der Waals surface area contributed by atoms with E-state index in [1.807, 2.05) is 6.07 Å². The van der Waals surface area contributed by atoms with Crippen molar-refractivity contribution in [2.75, 3.05) is 20.3 Å². The highest BCUT2D eigenvalue weighted by Crippen LogP contribution is 2.40. The molecule has 0 bridgehead atoms. The third kappa shape index (κ3) is 2.33. The van der Waals surface area contributed by atoms with Gasteiger partial charge in [0.2, 0.25) is 0 Å². The summed E-state index contributed by atoms with van der Waals surface area (Å²) in [7, 11) is 1.42. The van der Waals surface area contributed by atoms with Crippen LogP contribution in [0.3, 0.4) is 0 Å². The van der Waals surface area contributed by atoms with Gasteiger partial charge >= 0.3 is 5.97 Å². The molecule has 0 saturated carbocycles. The maximum Gasteiger partial charge on any atom is 0.327 e. The zero-order chi connectivity index (χ0) is 12.5. The van der Waals surface area contributed by atoms with Crippen molar-refractivity contribution in [3.8, 4) is 0 Å². The number of carbonyl (C=O) groups is 1. The van der Waals surface area contributed by atoms with Gasteiger partial charge in [0.15, 0.2) is 4.75 Å². The highest BCUT2D eigenvalue weighted by Gasteiger charge is 2.48. The minimum atomic E-state index is -0.545. The van der Waals surface area contributed by atoms with E-state index >= 15 is 0 Å². The topological polar surface area (TPSA) is 35.5 Å². The minimum Gasteiger partial charge on any atom is -0.468 e. The van der Waals surface area contributed by atoms with E-state index in [9.17, 15) is 4.79 Å². The molecule has 1 aromatic carbocycles. The molecule has 2 rings (SSSR count). The van der Waals surface area contributed by atoms with Gasteiger partial charge in [0.25, 0.3) is 0 Å². The molecular weight excluding hydrogens is 236 g/mol. The molecule has 1 aromatic rings. The molecule has 0 unspecified atom stereocenters. The summed E-state index contributed by atoms with van der Waals surface area (Å²) in [6.45, 7) is 5.00. The van der Waals surface area contributed by atoms with Crippen LogP contribution in [-0.4, -0.2) is 31.0 Å². The molecule has 1 heterocycles. The van der Waals surface area contributed by atoms with Gasteiger partial charge in [0.05, 0.1) is 20.3 Å². The average molecular weight is 252 g/mol. The fourth-order valence-corrected chi connectivity index (χ4v) is 2.97. The number of hydrogen-bond donors (Lipinski definition) is 0. The molecule has 0 amide bonds. The van der Waals surface area contributed by atoms with Crippen molar-refractivity contribution in [3.63, 3.8) is 0 Å². The van der Waals surface area contributed by atoms with Gasteiger partial charge in [-0.15, -0.1) is 11.8 Å². The average Bonchev–Trinajstić information content (AvgIpc) is 2.27. The van der Waals surface area contributed by atoms with Gasteiger partial charge in [0.1, 0.15) is 0 Å². The fourth-order valence-electron chi connectivity index (χ4n) is 1.69. The lowest BCUT2D eigenvalue weighted by atomic mass is 10.1. The van der Waals surface area contributed by atoms with Crippen LogP contribution >= 0.6 is 11.8 Å². The summed E-state index contributed by atoms with van der Waals surface area (Å²) in [6.07, 6.45) is 0. The van der Waals surface area contributed by atoms with Crippen LogP contribution in [0.2, 0.25) is 0 Å². The molecule has 0 N–H and O–H groups in total. The molecule has 1 aliphatic heterocycles. The molecule has 3 nitrogen and oxygen atoms in total. The molecule has 0 radical (unpaired) electrons. The molecule has 17 heavy (non-hydrogen) atoms. The Balaban J connectivity index is 2.18. The van der Waals surface area contributed by atoms with E-state index in [2.05, 4.69) is 26.0 Å². The number of methoxy groups -OCH3 is 1. The Morgan fingerprint density at radius 2 is 2.06 bits per heavy atom. The maximum atomic E-state index is 11.7. The van der Waals surface area contributed by atoms with Crippen LogP contribution in [0.1, 0.15) is 11.1 Å². The van der Waals surface area contributed by atoms with E-state index < -0.39 is 4.75 Å². The van der Waals surface area contributed by atoms with E-state index in [0.717, 1.165) is 4.90 Å². The summed E-state index contributed by atoms with van der Waals surface area (Å²) < 4.78 is 9.46. The standard InChI is InChI=1S/C13H16O3S/c1-9-4-5-11(6-10(9)2)17-13(7-16-8-13)12(14)15-3/h4-6H,7-8H2,1-3H3. The summed E-state index contributed by atoms with van der Waals surface area (Å²) >= 11 is 1.53. The first-order valence-corrected chi connectivity index (χ1v) is 6.31. The Hall–Kier alpha value is -1.00. The fraction of sp³-hybridized carbons (Fsp3) is 0.462. The number of aryl methyl sites for hydroxylation is 2. The molecule has 0 spiro atoms. The number of thioether (sulfide) groups is 1. The lowest BCUT2D eigenvalue weighted by Gasteiger charge is -2.37. The third-order valence-electron chi connectivity index (χ3n) is 3.02. The molecule has 4 heteroatoms. The van der Waals surface area contributed by atoms with E-state index in [0.29, 0.717) is 13.2 Å². The first kappa shape index (κ1) is 12.5. The van der Waals surface area contributed by atoms with Gasteiger partial charge < -0.3 is 9.47 Å². The van der Waals surface area contributed by atoms with Gasteiger partial charge in [0, 0.05) is 4.90 Å². The monoisotopic (exact) mass is 252 g/mol. The molecule has 0 atom stereocenters. The number of ether oxygens (including phenoxy) is 2. The maximum absolute atomic E-state index is 11.7. The molecule has 92 valence electrons. The van der Waals surface area contributed by atoms with Crippen molar-refractivity contribution >= 4 is 17.7 Å². The summed E-state index contributed by atoms with van der Waals surface area (Å²) in [6, 6.07) is 6.21. The number of benzene rings is 1. The highest BCUT2D eigenvalue weighted by molar-refractivity contribution is 8.01. The summed E-state index contributed by atoms with van der Waals surface area (Å²) in [5, 5.41) is 0. The first-order valence-electron chi connectivity index (χ1n) is 5.50. The van der Waals surface area contributed by atoms with Crippen molar-refractivity contribution in [2.24, 2.45) is 0 Å². The van der Waals surface area contributed by atoms with Gasteiger partial charge in [-0.25, -0.2) is 0 Å². The Morgan fingerprint density at radius 1 is 1.35 bits per heavy atom. The Bertz CT molecular complexity index is 438. The van der Waals surface area contributed by atoms with Crippen molar-refractivity contribution in [1.82, 2.24) is 0 Å². The largest absolute Gasteiger partial charge is 0.468 e. The summed E-state index contributed by atoms with van der Waals surface area (Å²) in [5.41, 5.74) is 2.49. The molecular formula is C13H16O3S. The second kappa shape index (κ2) is 4.70. The van der Waals surface area contributed by atoms with E-state index in [-0.39, 0.29) is 5.97 Å².